The van der Waals surface area contributed by atoms with Crippen molar-refractivity contribution in [3.63, 3.8) is 0 Å². The lowest BCUT2D eigenvalue weighted by Gasteiger charge is -2.27. The van der Waals surface area contributed by atoms with E-state index in [1.165, 1.54) is 18.1 Å². The van der Waals surface area contributed by atoms with Crippen LogP contribution in [0.25, 0.3) is 22.2 Å². The van der Waals surface area contributed by atoms with Gasteiger partial charge < -0.3 is 34.3 Å². The molecule has 2 N–H and O–H groups in total. The predicted octanol–water partition coefficient (Wildman–Crippen LogP) is 5.12. The average molecular weight is 576 g/mol. The molecule has 0 saturated carbocycles. The van der Waals surface area contributed by atoms with Gasteiger partial charge in [0.25, 0.3) is 5.69 Å². The van der Waals surface area contributed by atoms with E-state index < -0.39 is 11.0 Å². The number of anilines is 3. The van der Waals surface area contributed by atoms with E-state index in [0.717, 1.165) is 28.7 Å². The normalized spacial score (nSPS) is 12.5. The van der Waals surface area contributed by atoms with Crippen LogP contribution >= 0.6 is 0 Å². The number of ether oxygens (including phenoxy) is 2. The van der Waals surface area contributed by atoms with Crippen molar-refractivity contribution in [2.75, 3.05) is 50.1 Å². The zero-order chi connectivity index (χ0) is 29.8. The summed E-state index contributed by atoms with van der Waals surface area (Å²) in [6.07, 6.45) is 0.604. The summed E-state index contributed by atoms with van der Waals surface area (Å²) in [6, 6.07) is 13.0. The van der Waals surface area contributed by atoms with Gasteiger partial charge in [0.05, 0.1) is 42.3 Å². The molecule has 0 aliphatic carbocycles. The van der Waals surface area contributed by atoms with E-state index in [1.807, 2.05) is 25.1 Å². The Morgan fingerprint density at radius 2 is 2.02 bits per heavy atom. The molecule has 42 heavy (non-hydrogen) atoms. The zero-order valence-corrected chi connectivity index (χ0v) is 23.7. The van der Waals surface area contributed by atoms with E-state index in [9.17, 15) is 20.0 Å². The topological polar surface area (TPSA) is 148 Å². The number of rotatable bonds is 11. The second kappa shape index (κ2) is 12.3. The van der Waals surface area contributed by atoms with Gasteiger partial charge in [-0.1, -0.05) is 18.2 Å². The lowest BCUT2D eigenvalue weighted by atomic mass is 10.1. The fourth-order valence-electron chi connectivity index (χ4n) is 5.35. The van der Waals surface area contributed by atoms with E-state index in [4.69, 9.17) is 14.5 Å². The smallest absolute Gasteiger partial charge is 0.407 e. The van der Waals surface area contributed by atoms with Crippen LogP contribution in [-0.2, 0) is 17.9 Å². The molecule has 1 amide bonds. The van der Waals surface area contributed by atoms with Crippen LogP contribution in [0.4, 0.5) is 27.8 Å². The first-order valence-electron chi connectivity index (χ1n) is 13.7. The first-order valence-corrected chi connectivity index (χ1v) is 13.7. The summed E-state index contributed by atoms with van der Waals surface area (Å²) in [5, 5.41) is 25.7. The second-order valence-electron chi connectivity index (χ2n) is 9.67. The molecule has 13 nitrogen and oxygen atoms in total. The summed E-state index contributed by atoms with van der Waals surface area (Å²) in [6.45, 7) is 6.68. The number of nitrogens with zero attached hydrogens (tertiary/aromatic N) is 6. The summed E-state index contributed by atoms with van der Waals surface area (Å²) in [7, 11) is 1.48. The molecule has 3 heterocycles. The molecule has 0 fully saturated rings. The molecule has 0 unspecified atom stereocenters. The number of carboxylic acid groups (broad SMARTS) is 1. The van der Waals surface area contributed by atoms with Crippen LogP contribution in [-0.4, -0.2) is 75.5 Å². The average Bonchev–Trinajstić information content (AvgIpc) is 3.34. The number of likely N-dealkylation sites (N-methyl/N-ethyl adjacent to an activating group) is 2. The largest absolute Gasteiger partial charge is 0.494 e. The number of hydrogen-bond acceptors (Lipinski definition) is 9. The first-order chi connectivity index (χ1) is 20.4. The van der Waals surface area contributed by atoms with Gasteiger partial charge in [0.2, 0.25) is 5.95 Å². The summed E-state index contributed by atoms with van der Waals surface area (Å²) in [4.78, 5) is 35.3. The standard InChI is InChI=1S/C29H33N7O6/c1-4-33(12-13-34(5-2)29(37)38)23-17-26(41-3)21(16-24(23)36(39)40)32-28-30-11-10-20(31-28)27-19-8-6-7-9-22(19)35-14-15-42-18-25(27)35/h6-11,16-17H,4-5,12-15,18H2,1-3H3,(H,37,38)(H,30,31,32). The zero-order valence-electron chi connectivity index (χ0n) is 23.7. The molecule has 13 heteroatoms. The van der Waals surface area contributed by atoms with Crippen molar-refractivity contribution in [1.29, 1.82) is 0 Å². The van der Waals surface area contributed by atoms with Gasteiger partial charge in [-0.05, 0) is 26.0 Å². The third-order valence-corrected chi connectivity index (χ3v) is 7.44. The maximum absolute atomic E-state index is 12.2. The van der Waals surface area contributed by atoms with Crippen molar-refractivity contribution in [3.8, 4) is 17.0 Å². The van der Waals surface area contributed by atoms with Crippen molar-refractivity contribution in [1.82, 2.24) is 19.4 Å². The molecule has 2 aromatic heterocycles. The fourth-order valence-corrected chi connectivity index (χ4v) is 5.35. The Balaban J connectivity index is 1.50. The number of fused-ring (bicyclic) bond motifs is 3. The minimum absolute atomic E-state index is 0.153. The van der Waals surface area contributed by atoms with Crippen LogP contribution < -0.4 is 15.0 Å². The highest BCUT2D eigenvalue weighted by Gasteiger charge is 2.25. The van der Waals surface area contributed by atoms with Gasteiger partial charge in [-0.3, -0.25) is 10.1 Å². The molecule has 4 aromatic rings. The van der Waals surface area contributed by atoms with Crippen LogP contribution in [0.2, 0.25) is 0 Å². The molecule has 0 radical (unpaired) electrons. The van der Waals surface area contributed by atoms with E-state index >= 15 is 0 Å². The molecule has 1 aliphatic heterocycles. The number of carbonyl (C=O) groups is 1. The molecule has 2 aromatic carbocycles. The quantitative estimate of drug-likeness (QED) is 0.182. The van der Waals surface area contributed by atoms with Crippen LogP contribution in [0.5, 0.6) is 5.75 Å². The lowest BCUT2D eigenvalue weighted by molar-refractivity contribution is -0.384. The van der Waals surface area contributed by atoms with Gasteiger partial charge in [0.1, 0.15) is 11.4 Å². The maximum atomic E-state index is 12.2. The Bertz CT molecular complexity index is 1620. The number of amides is 1. The summed E-state index contributed by atoms with van der Waals surface area (Å²) >= 11 is 0. The number of para-hydroxylation sites is 1. The van der Waals surface area contributed by atoms with E-state index in [0.29, 0.717) is 49.1 Å². The number of methoxy groups -OCH3 is 1. The van der Waals surface area contributed by atoms with E-state index in [2.05, 4.69) is 27.0 Å². The van der Waals surface area contributed by atoms with Crippen LogP contribution in [0.3, 0.4) is 0 Å². The molecule has 0 atom stereocenters. The fraction of sp³-hybridized carbons (Fsp3) is 0.345. The Hall–Kier alpha value is -4.91. The third-order valence-electron chi connectivity index (χ3n) is 7.44. The van der Waals surface area contributed by atoms with Crippen LogP contribution in [0, 0.1) is 10.1 Å². The summed E-state index contributed by atoms with van der Waals surface area (Å²) in [5.41, 5.74) is 4.31. The van der Waals surface area contributed by atoms with Crippen molar-refractivity contribution < 1.29 is 24.3 Å². The van der Waals surface area contributed by atoms with Gasteiger partial charge >= 0.3 is 6.09 Å². The molecule has 220 valence electrons. The van der Waals surface area contributed by atoms with Crippen molar-refractivity contribution in [3.05, 3.63) is 64.5 Å². The highest BCUT2D eigenvalue weighted by molar-refractivity contribution is 5.97. The Kier molecular flexibility index (Phi) is 8.38. The molecule has 0 spiro atoms. The number of benzene rings is 2. The van der Waals surface area contributed by atoms with Gasteiger partial charge in [0, 0.05) is 67.5 Å². The molecule has 5 rings (SSSR count). The summed E-state index contributed by atoms with van der Waals surface area (Å²) < 4.78 is 13.6. The minimum atomic E-state index is -1.04. The SMILES string of the molecule is CCN(CCN(CC)c1cc(OC)c(Nc2nccc(-c3c4n(c5ccccc35)CCOC4)n2)cc1[N+](=O)[O-])C(=O)O. The van der Waals surface area contributed by atoms with Crippen molar-refractivity contribution >= 4 is 40.0 Å². The number of nitrogens with one attached hydrogen (secondary N) is 1. The maximum Gasteiger partial charge on any atom is 0.407 e. The van der Waals surface area contributed by atoms with Gasteiger partial charge in [-0.25, -0.2) is 14.8 Å². The van der Waals surface area contributed by atoms with Gasteiger partial charge in [-0.2, -0.15) is 0 Å². The molecular weight excluding hydrogens is 542 g/mol. The van der Waals surface area contributed by atoms with E-state index in [1.54, 1.807) is 24.1 Å². The Labute approximate surface area is 242 Å². The Morgan fingerprint density at radius 3 is 2.74 bits per heavy atom. The van der Waals surface area contributed by atoms with Gasteiger partial charge in [-0.15, -0.1) is 0 Å². The number of hydrogen-bond donors (Lipinski definition) is 2. The number of nitro groups is 1. The van der Waals surface area contributed by atoms with Crippen LogP contribution in [0.15, 0.2) is 48.7 Å². The Morgan fingerprint density at radius 1 is 1.21 bits per heavy atom. The molecule has 1 aliphatic rings. The van der Waals surface area contributed by atoms with Crippen molar-refractivity contribution in [2.45, 2.75) is 27.0 Å². The molecule has 0 bridgehead atoms. The minimum Gasteiger partial charge on any atom is -0.494 e. The lowest BCUT2D eigenvalue weighted by Crippen LogP contribution is -2.38. The highest BCUT2D eigenvalue weighted by Crippen LogP contribution is 2.40. The summed E-state index contributed by atoms with van der Waals surface area (Å²) in [5.74, 6) is 0.606. The third kappa shape index (κ3) is 5.50. The van der Waals surface area contributed by atoms with E-state index in [-0.39, 0.29) is 24.7 Å². The van der Waals surface area contributed by atoms with Gasteiger partial charge in [0.15, 0.2) is 0 Å². The first kappa shape index (κ1) is 28.6. The molecule has 0 saturated heterocycles. The van der Waals surface area contributed by atoms with Crippen LogP contribution in [0.1, 0.15) is 19.5 Å². The number of aromatic nitrogens is 3. The van der Waals surface area contributed by atoms with Crippen molar-refractivity contribution in [2.24, 2.45) is 0 Å². The highest BCUT2D eigenvalue weighted by atomic mass is 16.6. The molecular formula is C29H33N7O6. The predicted molar refractivity (Wildman–Crippen MR) is 159 cm³/mol. The number of nitro benzene ring substituents is 1. The second-order valence-corrected chi connectivity index (χ2v) is 9.67. The monoisotopic (exact) mass is 575 g/mol.